The van der Waals surface area contributed by atoms with Crippen LogP contribution in [-0.2, 0) is 33.7 Å². The van der Waals surface area contributed by atoms with E-state index < -0.39 is 5.82 Å². The van der Waals surface area contributed by atoms with Gasteiger partial charge in [0.05, 0.1) is 23.2 Å². The van der Waals surface area contributed by atoms with Crippen LogP contribution in [0.4, 0.5) is 4.39 Å². The van der Waals surface area contributed by atoms with Crippen LogP contribution in [0.25, 0.3) is 20.7 Å². The predicted molar refractivity (Wildman–Crippen MR) is 164 cm³/mol. The molecule has 8 heteroatoms. The molecule has 0 amide bonds. The number of carbonyl (C=O) groups is 2. The highest BCUT2D eigenvalue weighted by atomic mass is 32.1. The molecule has 0 fully saturated rings. The topological polar surface area (TPSA) is 77.5 Å². The minimum atomic E-state index is -0.577. The number of methoxy groups -OCH3 is 1. The second-order valence-corrected chi connectivity index (χ2v) is 11.0. The fraction of sp³-hybridized carbons (Fsp3) is 0.206. The SMILES string of the molecule is COCCNCc1ccc(-c2cc3nccc(Oc4ccc(CC(=O)CC(=O)Cc5ccccc5)cc4F)c3s2)cc1. The van der Waals surface area contributed by atoms with Crippen LogP contribution in [0.1, 0.15) is 23.1 Å². The molecule has 0 unspecified atom stereocenters. The Morgan fingerprint density at radius 2 is 1.60 bits per heavy atom. The van der Waals surface area contributed by atoms with Crippen molar-refractivity contribution in [3.8, 4) is 21.9 Å². The van der Waals surface area contributed by atoms with Crippen molar-refractivity contribution in [3.63, 3.8) is 0 Å². The molecule has 0 atom stereocenters. The van der Waals surface area contributed by atoms with E-state index in [1.807, 2.05) is 36.4 Å². The molecule has 2 aromatic heterocycles. The summed E-state index contributed by atoms with van der Waals surface area (Å²) >= 11 is 1.53. The van der Waals surface area contributed by atoms with Gasteiger partial charge in [-0.3, -0.25) is 14.6 Å². The molecule has 1 N–H and O–H groups in total. The van der Waals surface area contributed by atoms with Crippen molar-refractivity contribution in [1.82, 2.24) is 10.3 Å². The van der Waals surface area contributed by atoms with E-state index in [1.165, 1.54) is 29.0 Å². The number of hydrogen-bond donors (Lipinski definition) is 1. The summed E-state index contributed by atoms with van der Waals surface area (Å²) < 4.78 is 26.9. The number of Topliss-reactive ketones (excluding diaryl/α,β-unsaturated/α-hetero) is 2. The summed E-state index contributed by atoms with van der Waals surface area (Å²) in [5, 5.41) is 3.34. The zero-order valence-corrected chi connectivity index (χ0v) is 24.1. The van der Waals surface area contributed by atoms with Crippen molar-refractivity contribution in [1.29, 1.82) is 0 Å². The van der Waals surface area contributed by atoms with Gasteiger partial charge in [-0.15, -0.1) is 11.3 Å². The first-order chi connectivity index (χ1) is 20.5. The van der Waals surface area contributed by atoms with E-state index in [-0.39, 0.29) is 36.6 Å². The molecule has 3 aromatic carbocycles. The van der Waals surface area contributed by atoms with Gasteiger partial charge in [-0.25, -0.2) is 4.39 Å². The third kappa shape index (κ3) is 7.73. The molecule has 0 spiro atoms. The molecule has 5 aromatic rings. The minimum absolute atomic E-state index is 0.0203. The second-order valence-electron chi connectivity index (χ2n) is 9.96. The van der Waals surface area contributed by atoms with Crippen LogP contribution < -0.4 is 10.1 Å². The first-order valence-corrected chi connectivity index (χ1v) is 14.5. The number of fused-ring (bicyclic) bond motifs is 1. The van der Waals surface area contributed by atoms with Crippen LogP contribution in [0.3, 0.4) is 0 Å². The summed E-state index contributed by atoms with van der Waals surface area (Å²) in [6, 6.07) is 25.8. The van der Waals surface area contributed by atoms with Gasteiger partial charge >= 0.3 is 0 Å². The van der Waals surface area contributed by atoms with E-state index in [4.69, 9.17) is 9.47 Å². The summed E-state index contributed by atoms with van der Waals surface area (Å²) in [5.41, 5.74) is 4.36. The maximum atomic E-state index is 15.0. The smallest absolute Gasteiger partial charge is 0.166 e. The van der Waals surface area contributed by atoms with Crippen molar-refractivity contribution in [2.45, 2.75) is 25.8 Å². The summed E-state index contributed by atoms with van der Waals surface area (Å²) in [7, 11) is 1.68. The van der Waals surface area contributed by atoms with Gasteiger partial charge in [-0.1, -0.05) is 60.7 Å². The summed E-state index contributed by atoms with van der Waals surface area (Å²) in [6.07, 6.45) is 1.64. The number of halogens is 1. The van der Waals surface area contributed by atoms with Gasteiger partial charge in [0.25, 0.3) is 0 Å². The molecular weight excluding hydrogens is 551 g/mol. The molecule has 0 aliphatic heterocycles. The number of ketones is 2. The van der Waals surface area contributed by atoms with E-state index in [1.54, 1.807) is 25.4 Å². The number of hydrogen-bond acceptors (Lipinski definition) is 7. The number of benzene rings is 3. The van der Waals surface area contributed by atoms with Gasteiger partial charge < -0.3 is 14.8 Å². The predicted octanol–water partition coefficient (Wildman–Crippen LogP) is 6.94. The monoisotopic (exact) mass is 582 g/mol. The maximum absolute atomic E-state index is 15.0. The Labute approximate surface area is 248 Å². The number of nitrogens with one attached hydrogen (secondary N) is 1. The number of thiophene rings is 1. The van der Waals surface area contributed by atoms with Crippen LogP contribution in [0.2, 0.25) is 0 Å². The molecule has 0 radical (unpaired) electrons. The molecule has 5 rings (SSSR count). The van der Waals surface area contributed by atoms with Crippen LogP contribution in [0.5, 0.6) is 11.5 Å². The van der Waals surface area contributed by atoms with Gasteiger partial charge in [0.1, 0.15) is 17.3 Å². The van der Waals surface area contributed by atoms with Crippen LogP contribution in [0.15, 0.2) is 91.1 Å². The zero-order valence-electron chi connectivity index (χ0n) is 23.3. The molecule has 0 aliphatic rings. The van der Waals surface area contributed by atoms with E-state index in [0.717, 1.165) is 39.3 Å². The minimum Gasteiger partial charge on any atom is -0.453 e. The van der Waals surface area contributed by atoms with E-state index in [9.17, 15) is 9.59 Å². The van der Waals surface area contributed by atoms with Crippen molar-refractivity contribution >= 4 is 33.1 Å². The fourth-order valence-corrected chi connectivity index (χ4v) is 5.65. The van der Waals surface area contributed by atoms with Gasteiger partial charge in [-0.05, 0) is 40.5 Å². The Morgan fingerprint density at radius 3 is 2.33 bits per heavy atom. The molecule has 0 aliphatic carbocycles. The highest BCUT2D eigenvalue weighted by molar-refractivity contribution is 7.22. The number of pyridine rings is 1. The Kier molecular flexibility index (Phi) is 9.82. The third-order valence-electron chi connectivity index (χ3n) is 6.68. The van der Waals surface area contributed by atoms with Crippen molar-refractivity contribution in [2.75, 3.05) is 20.3 Å². The lowest BCUT2D eigenvalue weighted by atomic mass is 10.0. The van der Waals surface area contributed by atoms with Crippen LogP contribution in [-0.4, -0.2) is 36.8 Å². The molecular formula is C34H31FN2O4S. The Morgan fingerprint density at radius 1 is 0.857 bits per heavy atom. The fourth-order valence-electron chi connectivity index (χ4n) is 4.58. The highest BCUT2D eigenvalue weighted by Crippen LogP contribution is 2.39. The average molecular weight is 583 g/mol. The number of ether oxygens (including phenoxy) is 2. The first kappa shape index (κ1) is 29.3. The van der Waals surface area contributed by atoms with Gasteiger partial charge in [0.15, 0.2) is 11.6 Å². The highest BCUT2D eigenvalue weighted by Gasteiger charge is 2.15. The van der Waals surface area contributed by atoms with Crippen LogP contribution >= 0.6 is 11.3 Å². The lowest BCUT2D eigenvalue weighted by Gasteiger charge is -2.09. The largest absolute Gasteiger partial charge is 0.453 e. The lowest BCUT2D eigenvalue weighted by molar-refractivity contribution is -0.126. The van der Waals surface area contributed by atoms with E-state index in [2.05, 4.69) is 34.6 Å². The quantitative estimate of drug-likeness (QED) is 0.113. The third-order valence-corrected chi connectivity index (χ3v) is 7.87. The lowest BCUT2D eigenvalue weighted by Crippen LogP contribution is -2.18. The summed E-state index contributed by atoms with van der Waals surface area (Å²) in [6.45, 7) is 2.23. The molecule has 6 nitrogen and oxygen atoms in total. The van der Waals surface area contributed by atoms with Gasteiger partial charge in [-0.2, -0.15) is 0 Å². The number of aromatic nitrogens is 1. The van der Waals surface area contributed by atoms with Gasteiger partial charge in [0.2, 0.25) is 0 Å². The zero-order chi connectivity index (χ0) is 29.3. The molecule has 0 saturated heterocycles. The molecule has 0 saturated carbocycles. The maximum Gasteiger partial charge on any atom is 0.166 e. The average Bonchev–Trinajstić information content (AvgIpc) is 3.43. The molecule has 42 heavy (non-hydrogen) atoms. The van der Waals surface area contributed by atoms with E-state index in [0.29, 0.717) is 17.9 Å². The number of carbonyl (C=O) groups excluding carboxylic acids is 2. The van der Waals surface area contributed by atoms with Crippen molar-refractivity contribution < 1.29 is 23.5 Å². The van der Waals surface area contributed by atoms with Crippen molar-refractivity contribution in [3.05, 3.63) is 114 Å². The number of nitrogens with zero attached hydrogens (tertiary/aromatic N) is 1. The van der Waals surface area contributed by atoms with Crippen molar-refractivity contribution in [2.24, 2.45) is 0 Å². The summed E-state index contributed by atoms with van der Waals surface area (Å²) in [5.74, 6) is -0.424. The van der Waals surface area contributed by atoms with E-state index >= 15 is 4.39 Å². The molecule has 214 valence electrons. The Bertz CT molecular complexity index is 1670. The number of rotatable bonds is 14. The molecule has 2 heterocycles. The Balaban J connectivity index is 1.23. The molecule has 0 bridgehead atoms. The second kappa shape index (κ2) is 14.1. The standard InChI is InChI=1S/C34H31FN2O4S/c1-40-16-15-36-22-24-7-10-26(11-8-24)33-21-30-34(42-33)32(13-14-37-30)41-31-12-9-25(19-29(31)35)18-28(39)20-27(38)17-23-5-3-2-4-6-23/h2-14,19,21,36H,15-18,20,22H2,1H3. The Hall–Kier alpha value is -4.24. The van der Waals surface area contributed by atoms with Crippen LogP contribution in [0, 0.1) is 5.82 Å². The normalized spacial score (nSPS) is 11.1. The van der Waals surface area contributed by atoms with Gasteiger partial charge in [0, 0.05) is 50.2 Å². The first-order valence-electron chi connectivity index (χ1n) is 13.7. The summed E-state index contributed by atoms with van der Waals surface area (Å²) in [4.78, 5) is 30.3.